The summed E-state index contributed by atoms with van der Waals surface area (Å²) in [6.45, 7) is 0.143. The van der Waals surface area contributed by atoms with Crippen molar-refractivity contribution in [2.24, 2.45) is 15.0 Å². The predicted molar refractivity (Wildman–Crippen MR) is 62.9 cm³/mol. The molecule has 1 N–H and O–H groups in total. The molecule has 0 aromatic carbocycles. The van der Waals surface area contributed by atoms with Gasteiger partial charge in [-0.25, -0.2) is 29.2 Å². The molecule has 0 bridgehead atoms. The number of carbonyl (C=O) groups excluding carboxylic acids is 3. The highest BCUT2D eigenvalue weighted by molar-refractivity contribution is 5.80. The van der Waals surface area contributed by atoms with Crippen LogP contribution in [0.3, 0.4) is 0 Å². The number of rotatable bonds is 10. The van der Waals surface area contributed by atoms with Gasteiger partial charge in [0.15, 0.2) is 5.54 Å². The Kier molecular flexibility index (Phi) is 8.41. The number of hydrogen-bond acceptors (Lipinski definition) is 7. The maximum atomic E-state index is 11.2. The summed E-state index contributed by atoms with van der Waals surface area (Å²) in [5.74, 6) is -1.28. The summed E-state index contributed by atoms with van der Waals surface area (Å²) in [7, 11) is 0. The molecule has 0 saturated heterocycles. The number of carbonyl (C=O) groups is 1. The van der Waals surface area contributed by atoms with Gasteiger partial charge < -0.3 is 5.11 Å². The Labute approximate surface area is 109 Å². The Morgan fingerprint density at radius 2 is 1.58 bits per heavy atom. The minimum absolute atomic E-state index is 0.0698. The molecule has 1 unspecified atom stereocenters. The monoisotopic (exact) mass is 267 g/mol. The van der Waals surface area contributed by atoms with Crippen LogP contribution in [-0.4, -0.2) is 47.9 Å². The van der Waals surface area contributed by atoms with Crippen LogP contribution in [-0.2, 0) is 19.2 Å². The van der Waals surface area contributed by atoms with Gasteiger partial charge in [0.1, 0.15) is 0 Å². The average Bonchev–Trinajstić information content (AvgIpc) is 2.38. The Morgan fingerprint density at radius 1 is 0.947 bits per heavy atom. The van der Waals surface area contributed by atoms with Crippen molar-refractivity contribution in [1.29, 1.82) is 0 Å². The highest BCUT2D eigenvalue weighted by Gasteiger charge is 2.37. The fraction of sp³-hybridized carbons (Fsp3) is 0.636. The van der Waals surface area contributed by atoms with Gasteiger partial charge in [0.25, 0.3) is 0 Å². The highest BCUT2D eigenvalue weighted by Crippen LogP contribution is 2.24. The molecule has 0 fully saturated rings. The van der Waals surface area contributed by atoms with E-state index in [-0.39, 0.29) is 25.9 Å². The number of isocyanates is 3. The van der Waals surface area contributed by atoms with Crippen molar-refractivity contribution in [3.63, 3.8) is 0 Å². The van der Waals surface area contributed by atoms with Crippen molar-refractivity contribution in [3.05, 3.63) is 0 Å². The molecule has 102 valence electrons. The fourth-order valence-corrected chi connectivity index (χ4v) is 1.53. The van der Waals surface area contributed by atoms with Gasteiger partial charge in [0.2, 0.25) is 18.2 Å². The topological polar surface area (TPSA) is 126 Å². The number of carboxylic acids is 1. The van der Waals surface area contributed by atoms with Gasteiger partial charge >= 0.3 is 5.97 Å². The first kappa shape index (κ1) is 16.6. The molecule has 0 heterocycles. The zero-order valence-corrected chi connectivity index (χ0v) is 10.2. The molecule has 8 nitrogen and oxygen atoms in total. The first-order valence-electron chi connectivity index (χ1n) is 5.52. The van der Waals surface area contributed by atoms with Crippen LogP contribution in [0, 0.1) is 0 Å². The normalized spacial score (nSPS) is 12.2. The van der Waals surface area contributed by atoms with E-state index in [1.807, 2.05) is 0 Å². The first-order chi connectivity index (χ1) is 9.13. The van der Waals surface area contributed by atoms with Crippen LogP contribution in [0.5, 0.6) is 0 Å². The molecule has 0 aliphatic rings. The summed E-state index contributed by atoms with van der Waals surface area (Å²) in [4.78, 5) is 51.3. The van der Waals surface area contributed by atoms with Crippen LogP contribution < -0.4 is 0 Å². The molecule has 0 aliphatic carbocycles. The molecule has 0 amide bonds. The lowest BCUT2D eigenvalue weighted by Gasteiger charge is -2.22. The summed E-state index contributed by atoms with van der Waals surface area (Å²) in [6.07, 6.45) is 4.74. The summed E-state index contributed by atoms with van der Waals surface area (Å²) in [5, 5.41) is 9.16. The van der Waals surface area contributed by atoms with Gasteiger partial charge in [-0.3, -0.25) is 0 Å². The Bertz CT molecular complexity index is 441. The van der Waals surface area contributed by atoms with Crippen LogP contribution in [0.15, 0.2) is 15.0 Å². The Balaban J connectivity index is 4.70. The van der Waals surface area contributed by atoms with Crippen molar-refractivity contribution >= 4 is 24.2 Å². The van der Waals surface area contributed by atoms with E-state index in [2.05, 4.69) is 15.0 Å². The summed E-state index contributed by atoms with van der Waals surface area (Å²) in [5.41, 5.74) is -1.65. The zero-order valence-electron chi connectivity index (χ0n) is 10.2. The molecule has 0 radical (unpaired) electrons. The zero-order chi connectivity index (χ0) is 14.6. The van der Waals surface area contributed by atoms with Gasteiger partial charge in [0, 0.05) is 6.42 Å². The van der Waals surface area contributed by atoms with Crippen LogP contribution in [0.2, 0.25) is 0 Å². The van der Waals surface area contributed by atoms with E-state index in [4.69, 9.17) is 5.11 Å². The molecule has 0 rings (SSSR count). The van der Waals surface area contributed by atoms with Crippen molar-refractivity contribution in [1.82, 2.24) is 0 Å². The van der Waals surface area contributed by atoms with Crippen molar-refractivity contribution < 1.29 is 24.3 Å². The number of aliphatic carboxylic acids is 1. The van der Waals surface area contributed by atoms with Gasteiger partial charge in [-0.2, -0.15) is 4.99 Å². The van der Waals surface area contributed by atoms with E-state index in [0.29, 0.717) is 12.8 Å². The van der Waals surface area contributed by atoms with E-state index in [1.54, 1.807) is 0 Å². The number of nitrogens with zero attached hydrogens (tertiary/aromatic N) is 3. The lowest BCUT2D eigenvalue weighted by molar-refractivity contribution is -0.143. The second-order valence-electron chi connectivity index (χ2n) is 3.69. The molecular formula is C11H13N3O5. The van der Waals surface area contributed by atoms with Crippen LogP contribution >= 0.6 is 0 Å². The third-order valence-corrected chi connectivity index (χ3v) is 2.53. The second kappa shape index (κ2) is 9.62. The van der Waals surface area contributed by atoms with Crippen LogP contribution in [0.1, 0.15) is 25.7 Å². The lowest BCUT2D eigenvalue weighted by Crippen LogP contribution is -2.37. The first-order valence-corrected chi connectivity index (χ1v) is 5.52. The SMILES string of the molecule is O=C=NCCCCC(CCN=C=O)(N=C=O)C(=O)O. The number of aliphatic imine (C=N–C) groups is 3. The molecule has 19 heavy (non-hydrogen) atoms. The van der Waals surface area contributed by atoms with E-state index in [9.17, 15) is 19.2 Å². The maximum absolute atomic E-state index is 11.2. The summed E-state index contributed by atoms with van der Waals surface area (Å²) >= 11 is 0. The Hall–Kier alpha value is -2.39. The molecule has 8 heteroatoms. The Morgan fingerprint density at radius 3 is 2.11 bits per heavy atom. The standard InChI is InChI=1S/C11H13N3O5/c15-7-12-5-2-1-3-11(10(18)19,14-9-17)4-6-13-8-16/h1-6H2,(H,18,19). The smallest absolute Gasteiger partial charge is 0.332 e. The van der Waals surface area contributed by atoms with Crippen molar-refractivity contribution in [2.45, 2.75) is 31.2 Å². The maximum Gasteiger partial charge on any atom is 0.332 e. The highest BCUT2D eigenvalue weighted by atomic mass is 16.4. The molecule has 0 aromatic rings. The summed E-state index contributed by atoms with van der Waals surface area (Å²) < 4.78 is 0. The minimum atomic E-state index is -1.65. The van der Waals surface area contributed by atoms with E-state index < -0.39 is 11.5 Å². The van der Waals surface area contributed by atoms with Gasteiger partial charge in [-0.1, -0.05) is 0 Å². The fourth-order valence-electron chi connectivity index (χ4n) is 1.53. The van der Waals surface area contributed by atoms with Gasteiger partial charge in [-0.05, 0) is 19.3 Å². The summed E-state index contributed by atoms with van der Waals surface area (Å²) in [6, 6.07) is 0. The van der Waals surface area contributed by atoms with E-state index in [1.165, 1.54) is 18.2 Å². The average molecular weight is 267 g/mol. The van der Waals surface area contributed by atoms with Crippen LogP contribution in [0.4, 0.5) is 0 Å². The van der Waals surface area contributed by atoms with Crippen molar-refractivity contribution in [3.8, 4) is 0 Å². The second-order valence-corrected chi connectivity index (χ2v) is 3.69. The molecule has 0 spiro atoms. The number of carboxylic acid groups (broad SMARTS) is 1. The molecular weight excluding hydrogens is 254 g/mol. The largest absolute Gasteiger partial charge is 0.479 e. The van der Waals surface area contributed by atoms with Crippen molar-refractivity contribution in [2.75, 3.05) is 13.1 Å². The van der Waals surface area contributed by atoms with Crippen LogP contribution in [0.25, 0.3) is 0 Å². The minimum Gasteiger partial charge on any atom is -0.479 e. The molecule has 0 aliphatic heterocycles. The molecule has 1 atom stereocenters. The van der Waals surface area contributed by atoms with E-state index in [0.717, 1.165) is 0 Å². The van der Waals surface area contributed by atoms with Gasteiger partial charge in [0.05, 0.1) is 13.1 Å². The quantitative estimate of drug-likeness (QED) is 0.348. The van der Waals surface area contributed by atoms with Gasteiger partial charge in [-0.15, -0.1) is 0 Å². The predicted octanol–water partition coefficient (Wildman–Crippen LogP) is 0.378. The third-order valence-electron chi connectivity index (χ3n) is 2.53. The number of unbranched alkanes of at least 4 members (excludes halogenated alkanes) is 1. The number of hydrogen-bond donors (Lipinski definition) is 1. The lowest BCUT2D eigenvalue weighted by atomic mass is 9.89. The molecule has 0 saturated carbocycles. The van der Waals surface area contributed by atoms with E-state index >= 15 is 0 Å². The molecule has 0 aromatic heterocycles. The third kappa shape index (κ3) is 6.19.